The van der Waals surface area contributed by atoms with E-state index < -0.39 is 0 Å². The first-order valence-electron chi connectivity index (χ1n) is 4.29. The van der Waals surface area contributed by atoms with E-state index >= 15 is 0 Å². The Labute approximate surface area is 77.4 Å². The molecule has 0 aliphatic heterocycles. The van der Waals surface area contributed by atoms with E-state index in [-0.39, 0.29) is 0 Å². The van der Waals surface area contributed by atoms with Crippen LogP contribution in [0, 0.1) is 5.92 Å². The predicted molar refractivity (Wildman–Crippen MR) is 51.1 cm³/mol. The normalized spacial score (nSPS) is 13.2. The Bertz CT molecular complexity index is 198. The molecule has 0 aromatic carbocycles. The molecule has 0 aliphatic carbocycles. The fraction of sp³-hybridized carbons (Fsp3) is 0.750. The minimum atomic E-state index is 0.747. The van der Waals surface area contributed by atoms with Gasteiger partial charge in [-0.2, -0.15) is 0 Å². The number of hydrogen-bond donors (Lipinski definition) is 1. The van der Waals surface area contributed by atoms with E-state index in [9.17, 15) is 0 Å². The standard InChI is InChI=1S/C8H15N3S/c1-3-7(2)4-9-5-8-6-12-11-10-8/h6-7,9H,3-5H2,1-2H3. The highest BCUT2D eigenvalue weighted by atomic mass is 32.1. The van der Waals surface area contributed by atoms with Gasteiger partial charge in [-0.15, -0.1) is 5.10 Å². The van der Waals surface area contributed by atoms with Gasteiger partial charge in [-0.25, -0.2) is 0 Å². The molecule has 1 heterocycles. The Morgan fingerprint density at radius 3 is 3.08 bits per heavy atom. The van der Waals surface area contributed by atoms with Gasteiger partial charge in [0, 0.05) is 11.9 Å². The third-order valence-electron chi connectivity index (χ3n) is 1.90. The second-order valence-corrected chi connectivity index (χ2v) is 3.65. The summed E-state index contributed by atoms with van der Waals surface area (Å²) in [4.78, 5) is 0. The fourth-order valence-electron chi connectivity index (χ4n) is 0.852. The smallest absolute Gasteiger partial charge is 0.0893 e. The van der Waals surface area contributed by atoms with Gasteiger partial charge in [-0.3, -0.25) is 0 Å². The van der Waals surface area contributed by atoms with Crippen LogP contribution in [0.5, 0.6) is 0 Å². The van der Waals surface area contributed by atoms with E-state index in [0.29, 0.717) is 0 Å². The average molecular weight is 185 g/mol. The second-order valence-electron chi connectivity index (χ2n) is 3.04. The summed E-state index contributed by atoms with van der Waals surface area (Å²) in [5.41, 5.74) is 1.04. The lowest BCUT2D eigenvalue weighted by molar-refractivity contribution is 0.497. The topological polar surface area (TPSA) is 37.8 Å². The van der Waals surface area contributed by atoms with Crippen molar-refractivity contribution in [1.82, 2.24) is 14.9 Å². The second kappa shape index (κ2) is 5.22. The van der Waals surface area contributed by atoms with E-state index in [2.05, 4.69) is 28.8 Å². The van der Waals surface area contributed by atoms with Crippen LogP contribution >= 0.6 is 11.5 Å². The van der Waals surface area contributed by atoms with Gasteiger partial charge in [0.15, 0.2) is 0 Å². The highest BCUT2D eigenvalue weighted by Crippen LogP contribution is 1.99. The lowest BCUT2D eigenvalue weighted by Crippen LogP contribution is -2.20. The third kappa shape index (κ3) is 3.28. The van der Waals surface area contributed by atoms with Crippen LogP contribution in [-0.2, 0) is 6.54 Å². The quantitative estimate of drug-likeness (QED) is 0.758. The number of nitrogens with one attached hydrogen (secondary N) is 1. The number of nitrogens with zero attached hydrogens (tertiary/aromatic N) is 2. The van der Waals surface area contributed by atoms with Crippen LogP contribution in [0.3, 0.4) is 0 Å². The van der Waals surface area contributed by atoms with E-state index in [4.69, 9.17) is 0 Å². The van der Waals surface area contributed by atoms with Crippen LogP contribution in [0.1, 0.15) is 26.0 Å². The summed E-state index contributed by atoms with van der Waals surface area (Å²) in [5, 5.41) is 9.26. The molecule has 1 rings (SSSR count). The van der Waals surface area contributed by atoms with Gasteiger partial charge in [-0.1, -0.05) is 24.8 Å². The highest BCUT2D eigenvalue weighted by molar-refractivity contribution is 7.03. The molecule has 1 unspecified atom stereocenters. The van der Waals surface area contributed by atoms with Gasteiger partial charge in [0.05, 0.1) is 5.69 Å². The predicted octanol–water partition coefficient (Wildman–Crippen LogP) is 1.67. The fourth-order valence-corrected chi connectivity index (χ4v) is 1.30. The lowest BCUT2D eigenvalue weighted by Gasteiger charge is -2.07. The van der Waals surface area contributed by atoms with Crippen molar-refractivity contribution >= 4 is 11.5 Å². The van der Waals surface area contributed by atoms with Gasteiger partial charge >= 0.3 is 0 Å². The van der Waals surface area contributed by atoms with Gasteiger partial charge in [0.2, 0.25) is 0 Å². The minimum Gasteiger partial charge on any atom is -0.311 e. The first kappa shape index (κ1) is 9.61. The van der Waals surface area contributed by atoms with Gasteiger partial charge in [0.25, 0.3) is 0 Å². The molecule has 0 spiro atoms. The van der Waals surface area contributed by atoms with Gasteiger partial charge in [0.1, 0.15) is 0 Å². The molecular weight excluding hydrogens is 170 g/mol. The molecule has 0 bridgehead atoms. The molecular formula is C8H15N3S. The molecule has 1 atom stereocenters. The molecule has 0 saturated heterocycles. The Hall–Kier alpha value is -0.480. The van der Waals surface area contributed by atoms with Crippen molar-refractivity contribution in [3.05, 3.63) is 11.1 Å². The monoisotopic (exact) mass is 185 g/mol. The van der Waals surface area contributed by atoms with Crippen LogP contribution in [0.25, 0.3) is 0 Å². The summed E-state index contributed by atoms with van der Waals surface area (Å²) in [6, 6.07) is 0. The minimum absolute atomic E-state index is 0.747. The van der Waals surface area contributed by atoms with E-state index in [1.165, 1.54) is 18.0 Å². The maximum absolute atomic E-state index is 3.94. The third-order valence-corrected chi connectivity index (χ3v) is 2.45. The Balaban J connectivity index is 2.11. The number of rotatable bonds is 5. The molecule has 1 aromatic rings. The van der Waals surface area contributed by atoms with Crippen LogP contribution in [0.2, 0.25) is 0 Å². The van der Waals surface area contributed by atoms with Crippen LogP contribution in [-0.4, -0.2) is 16.1 Å². The van der Waals surface area contributed by atoms with Gasteiger partial charge < -0.3 is 5.32 Å². The highest BCUT2D eigenvalue weighted by Gasteiger charge is 1.98. The summed E-state index contributed by atoms with van der Waals surface area (Å²) in [7, 11) is 0. The molecule has 0 aliphatic rings. The van der Waals surface area contributed by atoms with E-state index in [1.807, 2.05) is 5.38 Å². The summed E-state index contributed by atoms with van der Waals surface area (Å²) < 4.78 is 3.79. The van der Waals surface area contributed by atoms with Crippen molar-refractivity contribution < 1.29 is 0 Å². The Morgan fingerprint density at radius 1 is 1.67 bits per heavy atom. The zero-order valence-electron chi connectivity index (χ0n) is 7.58. The zero-order chi connectivity index (χ0) is 8.81. The Kier molecular flexibility index (Phi) is 4.18. The van der Waals surface area contributed by atoms with Crippen molar-refractivity contribution in [1.29, 1.82) is 0 Å². The van der Waals surface area contributed by atoms with E-state index in [0.717, 1.165) is 24.7 Å². The maximum atomic E-state index is 3.94. The van der Waals surface area contributed by atoms with Crippen molar-refractivity contribution in [3.63, 3.8) is 0 Å². The molecule has 0 fully saturated rings. The molecule has 3 nitrogen and oxygen atoms in total. The first-order valence-corrected chi connectivity index (χ1v) is 5.13. The molecule has 1 N–H and O–H groups in total. The molecule has 4 heteroatoms. The lowest BCUT2D eigenvalue weighted by atomic mass is 10.1. The molecule has 0 radical (unpaired) electrons. The largest absolute Gasteiger partial charge is 0.311 e. The maximum Gasteiger partial charge on any atom is 0.0893 e. The zero-order valence-corrected chi connectivity index (χ0v) is 8.40. The molecule has 12 heavy (non-hydrogen) atoms. The summed E-state index contributed by atoms with van der Waals surface area (Å²) in [6.07, 6.45) is 1.22. The van der Waals surface area contributed by atoms with E-state index in [1.54, 1.807) is 0 Å². The molecule has 0 amide bonds. The van der Waals surface area contributed by atoms with Crippen LogP contribution in [0.4, 0.5) is 0 Å². The average Bonchev–Trinajstić information content (AvgIpc) is 2.57. The first-order chi connectivity index (χ1) is 5.83. The van der Waals surface area contributed by atoms with Crippen molar-refractivity contribution in [3.8, 4) is 0 Å². The number of aromatic nitrogens is 2. The summed E-state index contributed by atoms with van der Waals surface area (Å²) in [6.45, 7) is 6.36. The van der Waals surface area contributed by atoms with Crippen molar-refractivity contribution in [2.75, 3.05) is 6.54 Å². The molecule has 0 saturated carbocycles. The summed E-state index contributed by atoms with van der Waals surface area (Å²) >= 11 is 1.40. The number of hydrogen-bond acceptors (Lipinski definition) is 4. The van der Waals surface area contributed by atoms with Crippen LogP contribution in [0.15, 0.2) is 5.38 Å². The van der Waals surface area contributed by atoms with Crippen LogP contribution < -0.4 is 5.32 Å². The SMILES string of the molecule is CCC(C)CNCc1csnn1. The Morgan fingerprint density at radius 2 is 2.50 bits per heavy atom. The van der Waals surface area contributed by atoms with Crippen molar-refractivity contribution in [2.45, 2.75) is 26.8 Å². The summed E-state index contributed by atoms with van der Waals surface area (Å²) in [5.74, 6) is 0.747. The van der Waals surface area contributed by atoms with Gasteiger partial charge in [-0.05, 0) is 24.0 Å². The molecule has 68 valence electrons. The van der Waals surface area contributed by atoms with Crippen molar-refractivity contribution in [2.24, 2.45) is 5.92 Å². The molecule has 1 aromatic heterocycles.